The number of aromatic nitrogens is 2. The molecule has 0 aliphatic carbocycles. The van der Waals surface area contributed by atoms with Crippen molar-refractivity contribution in [1.29, 1.82) is 0 Å². The minimum absolute atomic E-state index is 0.703. The molecule has 9 aromatic rings. The highest BCUT2D eigenvalue weighted by Gasteiger charge is 2.18. The summed E-state index contributed by atoms with van der Waals surface area (Å²) in [5, 5.41) is 2.22. The molecule has 0 aliphatic rings. The average molecular weight is 657 g/mol. The number of furan rings is 1. The van der Waals surface area contributed by atoms with Gasteiger partial charge in [0, 0.05) is 33.0 Å². The van der Waals surface area contributed by atoms with Crippen LogP contribution in [0.5, 0.6) is 0 Å². The fourth-order valence-corrected chi connectivity index (χ4v) is 6.66. The predicted molar refractivity (Wildman–Crippen MR) is 213 cm³/mol. The van der Waals surface area contributed by atoms with Crippen LogP contribution in [0, 0.1) is 0 Å². The van der Waals surface area contributed by atoms with Gasteiger partial charge in [-0.2, -0.15) is 0 Å². The first-order valence-electron chi connectivity index (χ1n) is 17.5. The van der Waals surface area contributed by atoms with Crippen LogP contribution in [0.25, 0.3) is 89.2 Å². The Morgan fingerprint density at radius 3 is 1.49 bits per heavy atom. The molecule has 0 fully saturated rings. The lowest BCUT2D eigenvalue weighted by Crippen LogP contribution is -1.96. The first-order chi connectivity index (χ1) is 25.3. The standard InChI is InChI=1S/C46H30N2O.C2H6/c1-4-12-31(13-5-1)32-20-22-33(23-21-32)38-28-29-40-39-18-10-11-19-43(39)49-45(40)44(38)36-26-24-35(25-27-36)42-30-41(34-14-6-2-7-15-34)47-46(48-42)37-16-8-3-9-17-37;1-2/h1-30H;1-2H3. The van der Waals surface area contributed by atoms with Crippen molar-refractivity contribution in [2.45, 2.75) is 13.8 Å². The summed E-state index contributed by atoms with van der Waals surface area (Å²) in [6.45, 7) is 4.00. The number of para-hydroxylation sites is 1. The highest BCUT2D eigenvalue weighted by Crippen LogP contribution is 2.43. The van der Waals surface area contributed by atoms with Gasteiger partial charge >= 0.3 is 0 Å². The lowest BCUT2D eigenvalue weighted by atomic mass is 9.91. The normalized spacial score (nSPS) is 10.9. The van der Waals surface area contributed by atoms with E-state index < -0.39 is 0 Å². The van der Waals surface area contributed by atoms with Gasteiger partial charge in [-0.3, -0.25) is 0 Å². The van der Waals surface area contributed by atoms with E-state index in [-0.39, 0.29) is 0 Å². The van der Waals surface area contributed by atoms with Gasteiger partial charge in [-0.05, 0) is 46.0 Å². The van der Waals surface area contributed by atoms with Gasteiger partial charge in [0.15, 0.2) is 5.82 Å². The van der Waals surface area contributed by atoms with Crippen LogP contribution >= 0.6 is 0 Å². The molecular weight excluding hydrogens is 621 g/mol. The molecule has 0 saturated carbocycles. The minimum Gasteiger partial charge on any atom is -0.455 e. The summed E-state index contributed by atoms with van der Waals surface area (Å²) in [5.74, 6) is 0.703. The molecule has 3 heteroatoms. The van der Waals surface area contributed by atoms with Gasteiger partial charge < -0.3 is 4.42 Å². The number of hydrogen-bond donors (Lipinski definition) is 0. The van der Waals surface area contributed by atoms with E-state index in [1.807, 2.05) is 68.4 Å². The van der Waals surface area contributed by atoms with Gasteiger partial charge in [-0.1, -0.05) is 178 Å². The predicted octanol–water partition coefficient (Wildman–Crippen LogP) is 13.4. The minimum atomic E-state index is 0.703. The van der Waals surface area contributed by atoms with Crippen molar-refractivity contribution in [2.24, 2.45) is 0 Å². The molecule has 51 heavy (non-hydrogen) atoms. The monoisotopic (exact) mass is 656 g/mol. The molecule has 3 nitrogen and oxygen atoms in total. The zero-order valence-corrected chi connectivity index (χ0v) is 28.6. The summed E-state index contributed by atoms with van der Waals surface area (Å²) in [7, 11) is 0. The maximum absolute atomic E-state index is 6.62. The highest BCUT2D eigenvalue weighted by molar-refractivity contribution is 6.12. The molecule has 9 rings (SSSR count). The van der Waals surface area contributed by atoms with Gasteiger partial charge in [0.2, 0.25) is 0 Å². The second kappa shape index (κ2) is 14.1. The summed E-state index contributed by atoms with van der Waals surface area (Å²) >= 11 is 0. The highest BCUT2D eigenvalue weighted by atomic mass is 16.3. The molecule has 0 unspecified atom stereocenters. The van der Waals surface area contributed by atoms with Crippen LogP contribution in [-0.4, -0.2) is 9.97 Å². The second-order valence-corrected chi connectivity index (χ2v) is 12.2. The first kappa shape index (κ1) is 31.7. The van der Waals surface area contributed by atoms with Gasteiger partial charge in [-0.25, -0.2) is 9.97 Å². The molecule has 0 aliphatic heterocycles. The van der Waals surface area contributed by atoms with Crippen LogP contribution in [0.3, 0.4) is 0 Å². The maximum Gasteiger partial charge on any atom is 0.160 e. The summed E-state index contributed by atoms with van der Waals surface area (Å²) in [6.07, 6.45) is 0. The van der Waals surface area contributed by atoms with Gasteiger partial charge in [0.05, 0.1) is 11.4 Å². The van der Waals surface area contributed by atoms with Gasteiger partial charge in [-0.15, -0.1) is 0 Å². The van der Waals surface area contributed by atoms with Crippen molar-refractivity contribution < 1.29 is 4.42 Å². The Kier molecular flexibility index (Phi) is 8.76. The van der Waals surface area contributed by atoms with Crippen LogP contribution in [0.1, 0.15) is 13.8 Å². The van der Waals surface area contributed by atoms with Crippen molar-refractivity contribution in [3.05, 3.63) is 182 Å². The summed E-state index contributed by atoms with van der Waals surface area (Å²) in [6, 6.07) is 63.2. The van der Waals surface area contributed by atoms with Crippen LogP contribution < -0.4 is 0 Å². The second-order valence-electron chi connectivity index (χ2n) is 12.2. The summed E-state index contributed by atoms with van der Waals surface area (Å²) in [5.41, 5.74) is 13.4. The van der Waals surface area contributed by atoms with Crippen LogP contribution in [-0.2, 0) is 0 Å². The SMILES string of the molecule is CC.c1ccc(-c2ccc(-c3ccc4c(oc5ccccc54)c3-c3ccc(-c4cc(-c5ccccc5)nc(-c5ccccc5)n4)cc3)cc2)cc1. The number of nitrogens with zero attached hydrogens (tertiary/aromatic N) is 2. The Hall–Kier alpha value is -6.58. The third kappa shape index (κ3) is 6.22. The topological polar surface area (TPSA) is 38.9 Å². The largest absolute Gasteiger partial charge is 0.455 e. The van der Waals surface area contributed by atoms with Crippen molar-refractivity contribution in [3.63, 3.8) is 0 Å². The van der Waals surface area contributed by atoms with E-state index in [0.717, 1.165) is 72.3 Å². The van der Waals surface area contributed by atoms with Crippen molar-refractivity contribution in [2.75, 3.05) is 0 Å². The lowest BCUT2D eigenvalue weighted by molar-refractivity contribution is 0.670. The number of rotatable bonds is 6. The molecule has 0 N–H and O–H groups in total. The summed E-state index contributed by atoms with van der Waals surface area (Å²) in [4.78, 5) is 10.0. The quantitative estimate of drug-likeness (QED) is 0.179. The van der Waals surface area contributed by atoms with Crippen molar-refractivity contribution >= 4 is 21.9 Å². The lowest BCUT2D eigenvalue weighted by Gasteiger charge is -2.13. The fraction of sp³-hybridized carbons (Fsp3) is 0.0417. The number of benzene rings is 7. The Labute approximate surface area is 298 Å². The van der Waals surface area contributed by atoms with Gasteiger partial charge in [0.25, 0.3) is 0 Å². The van der Waals surface area contributed by atoms with E-state index in [4.69, 9.17) is 14.4 Å². The zero-order valence-electron chi connectivity index (χ0n) is 28.6. The Morgan fingerprint density at radius 1 is 0.373 bits per heavy atom. The van der Waals surface area contributed by atoms with E-state index in [1.54, 1.807) is 0 Å². The zero-order chi connectivity index (χ0) is 34.6. The van der Waals surface area contributed by atoms with Gasteiger partial charge in [0.1, 0.15) is 11.2 Å². The molecule has 244 valence electrons. The molecule has 0 atom stereocenters. The molecule has 0 amide bonds. The molecule has 2 aromatic heterocycles. The smallest absolute Gasteiger partial charge is 0.160 e. The third-order valence-electron chi connectivity index (χ3n) is 9.15. The molecule has 0 radical (unpaired) electrons. The Morgan fingerprint density at radius 2 is 0.843 bits per heavy atom. The first-order valence-corrected chi connectivity index (χ1v) is 17.5. The molecule has 2 heterocycles. The van der Waals surface area contributed by atoms with Crippen molar-refractivity contribution in [1.82, 2.24) is 9.97 Å². The molecule has 0 saturated heterocycles. The molecular formula is C48H36N2O. The number of fused-ring (bicyclic) bond motifs is 3. The molecule has 0 bridgehead atoms. The van der Waals surface area contributed by atoms with Crippen LogP contribution in [0.15, 0.2) is 186 Å². The Balaban J connectivity index is 0.00000184. The Bertz CT molecular complexity index is 2500. The molecule has 0 spiro atoms. The van der Waals surface area contributed by atoms with E-state index in [1.165, 1.54) is 11.1 Å². The maximum atomic E-state index is 6.62. The fourth-order valence-electron chi connectivity index (χ4n) is 6.66. The van der Waals surface area contributed by atoms with E-state index in [9.17, 15) is 0 Å². The molecule has 7 aromatic carbocycles. The van der Waals surface area contributed by atoms with Crippen LogP contribution in [0.2, 0.25) is 0 Å². The third-order valence-corrected chi connectivity index (χ3v) is 9.15. The summed E-state index contributed by atoms with van der Waals surface area (Å²) < 4.78 is 6.62. The van der Waals surface area contributed by atoms with Crippen LogP contribution in [0.4, 0.5) is 0 Å². The number of hydrogen-bond acceptors (Lipinski definition) is 3. The van der Waals surface area contributed by atoms with E-state index in [0.29, 0.717) is 5.82 Å². The van der Waals surface area contributed by atoms with E-state index in [2.05, 4.69) is 127 Å². The average Bonchev–Trinajstić information content (AvgIpc) is 3.61. The van der Waals surface area contributed by atoms with E-state index >= 15 is 0 Å². The van der Waals surface area contributed by atoms with Crippen molar-refractivity contribution in [3.8, 4) is 67.3 Å².